The number of imidazole rings is 2. The Bertz CT molecular complexity index is 2140. The number of amides is 2. The predicted molar refractivity (Wildman–Crippen MR) is 207 cm³/mol. The van der Waals surface area contributed by atoms with Crippen molar-refractivity contribution >= 4 is 31.3 Å². The molecule has 5 aromatic rings. The lowest BCUT2D eigenvalue weighted by Crippen LogP contribution is -2.36. The third-order valence-corrected chi connectivity index (χ3v) is 11.6. The molecule has 0 spiro atoms. The zero-order valence-electron chi connectivity index (χ0n) is 31.9. The van der Waals surface area contributed by atoms with Crippen molar-refractivity contribution in [2.75, 3.05) is 19.7 Å². The molecule has 2 amide bonds. The number of likely N-dealkylation sites (tertiary alicyclic amines) is 2. The average molecular weight is 752 g/mol. The maximum absolute atomic E-state index is 12.8. The highest BCUT2D eigenvalue weighted by molar-refractivity contribution is 6.76. The number of nitrogens with one attached hydrogen (secondary N) is 1. The molecule has 0 bridgehead atoms. The van der Waals surface area contributed by atoms with E-state index >= 15 is 0 Å². The van der Waals surface area contributed by atoms with Gasteiger partial charge in [0.2, 0.25) is 0 Å². The predicted octanol–water partition coefficient (Wildman–Crippen LogP) is 8.14. The molecule has 284 valence electrons. The lowest BCUT2D eigenvalue weighted by molar-refractivity contribution is 0.0218. The molecule has 7 rings (SSSR count). The average Bonchev–Trinajstić information content (AvgIpc) is 3.95. The lowest BCUT2D eigenvalue weighted by Gasteiger charge is -2.27. The molecule has 1 aromatic carbocycles. The molecule has 2 atom stereocenters. The van der Waals surface area contributed by atoms with Crippen LogP contribution in [0.1, 0.15) is 70.2 Å². The molecule has 2 N–H and O–H groups in total. The number of fused-ring (bicyclic) bond motifs is 1. The van der Waals surface area contributed by atoms with Gasteiger partial charge < -0.3 is 24.1 Å². The number of pyridine rings is 1. The van der Waals surface area contributed by atoms with Crippen LogP contribution in [0, 0.1) is 0 Å². The number of hydrogen-bond donors (Lipinski definition) is 2. The van der Waals surface area contributed by atoms with E-state index in [1.807, 2.05) is 61.9 Å². The van der Waals surface area contributed by atoms with Crippen LogP contribution in [0.2, 0.25) is 25.7 Å². The Hall–Kier alpha value is -5.15. The van der Waals surface area contributed by atoms with Gasteiger partial charge in [0.15, 0.2) is 0 Å². The number of ether oxygens (including phenoxy) is 2. The van der Waals surface area contributed by atoms with Gasteiger partial charge in [0.25, 0.3) is 0 Å². The van der Waals surface area contributed by atoms with Crippen molar-refractivity contribution in [1.82, 2.24) is 44.3 Å². The minimum Gasteiger partial charge on any atom is -0.465 e. The summed E-state index contributed by atoms with van der Waals surface area (Å²) >= 11 is 0. The van der Waals surface area contributed by atoms with Gasteiger partial charge in [0.05, 0.1) is 52.6 Å². The second-order valence-corrected chi connectivity index (χ2v) is 21.9. The first-order valence-electron chi connectivity index (χ1n) is 18.7. The molecular formula is C39H49N9O5Si. The van der Waals surface area contributed by atoms with Crippen molar-refractivity contribution in [2.24, 2.45) is 0 Å². The van der Waals surface area contributed by atoms with E-state index in [4.69, 9.17) is 34.4 Å². The number of carbonyl (C=O) groups is 2. The van der Waals surface area contributed by atoms with Gasteiger partial charge >= 0.3 is 12.2 Å². The summed E-state index contributed by atoms with van der Waals surface area (Å²) in [4.78, 5) is 55.3. The molecular weight excluding hydrogens is 703 g/mol. The van der Waals surface area contributed by atoms with Crippen LogP contribution in [0.25, 0.3) is 44.9 Å². The molecule has 14 nitrogen and oxygen atoms in total. The Kier molecular flexibility index (Phi) is 10.3. The Morgan fingerprint density at radius 2 is 1.63 bits per heavy atom. The van der Waals surface area contributed by atoms with Gasteiger partial charge in [-0.1, -0.05) is 25.7 Å². The van der Waals surface area contributed by atoms with Crippen LogP contribution >= 0.6 is 0 Å². The minimum absolute atomic E-state index is 0.167. The molecule has 0 radical (unpaired) electrons. The maximum Gasteiger partial charge on any atom is 0.410 e. The molecule has 2 aliphatic heterocycles. The van der Waals surface area contributed by atoms with Crippen LogP contribution in [-0.2, 0) is 16.2 Å². The number of H-pyrrole nitrogens is 1. The summed E-state index contributed by atoms with van der Waals surface area (Å²) in [5, 5.41) is 9.86. The summed E-state index contributed by atoms with van der Waals surface area (Å²) in [6.07, 6.45) is 9.09. The molecule has 15 heteroatoms. The second kappa shape index (κ2) is 14.9. The van der Waals surface area contributed by atoms with Gasteiger partial charge in [-0.2, -0.15) is 0 Å². The summed E-state index contributed by atoms with van der Waals surface area (Å²) in [7, 11) is -1.29. The Balaban J connectivity index is 1.09. The number of aromatic nitrogens is 7. The molecule has 54 heavy (non-hydrogen) atoms. The number of carboxylic acid groups (broad SMARTS) is 1. The number of nitrogens with zero attached hydrogens (tertiary/aromatic N) is 8. The van der Waals surface area contributed by atoms with E-state index in [0.717, 1.165) is 65.6 Å². The van der Waals surface area contributed by atoms with E-state index in [1.54, 1.807) is 23.5 Å². The number of carbonyl (C=O) groups excluding carboxylic acids is 1. The van der Waals surface area contributed by atoms with Crippen molar-refractivity contribution in [3.8, 4) is 33.9 Å². The minimum atomic E-state index is -1.29. The summed E-state index contributed by atoms with van der Waals surface area (Å²) in [5.41, 5.74) is 5.50. The van der Waals surface area contributed by atoms with Crippen LogP contribution in [0.5, 0.6) is 0 Å². The Morgan fingerprint density at radius 1 is 0.870 bits per heavy atom. The van der Waals surface area contributed by atoms with E-state index in [0.29, 0.717) is 42.4 Å². The van der Waals surface area contributed by atoms with E-state index in [2.05, 4.69) is 24.6 Å². The molecule has 4 aromatic heterocycles. The van der Waals surface area contributed by atoms with E-state index < -0.39 is 19.8 Å². The topological polar surface area (TPSA) is 164 Å². The fourth-order valence-electron chi connectivity index (χ4n) is 7.06. The van der Waals surface area contributed by atoms with Crippen LogP contribution in [0.4, 0.5) is 9.59 Å². The van der Waals surface area contributed by atoms with E-state index in [9.17, 15) is 14.7 Å². The van der Waals surface area contributed by atoms with Crippen LogP contribution < -0.4 is 0 Å². The molecule has 2 saturated heterocycles. The van der Waals surface area contributed by atoms with Gasteiger partial charge in [0.1, 0.15) is 29.7 Å². The number of aromatic amines is 1. The van der Waals surface area contributed by atoms with Crippen molar-refractivity contribution in [3.63, 3.8) is 0 Å². The lowest BCUT2D eigenvalue weighted by atomic mass is 10.1. The summed E-state index contributed by atoms with van der Waals surface area (Å²) in [6.45, 7) is 14.6. The summed E-state index contributed by atoms with van der Waals surface area (Å²) in [5.74, 6) is 1.42. The molecule has 0 saturated carbocycles. The van der Waals surface area contributed by atoms with E-state index in [-0.39, 0.29) is 24.9 Å². The highest BCUT2D eigenvalue weighted by atomic mass is 28.3. The summed E-state index contributed by atoms with van der Waals surface area (Å²) in [6, 6.07) is 10.3. The van der Waals surface area contributed by atoms with Crippen LogP contribution in [-0.4, -0.2) is 94.9 Å². The van der Waals surface area contributed by atoms with Crippen LogP contribution in [0.15, 0.2) is 55.1 Å². The molecule has 0 unspecified atom stereocenters. The fourth-order valence-corrected chi connectivity index (χ4v) is 7.81. The second-order valence-electron chi connectivity index (χ2n) is 16.3. The third kappa shape index (κ3) is 8.16. The van der Waals surface area contributed by atoms with Crippen LogP contribution in [0.3, 0.4) is 0 Å². The highest BCUT2D eigenvalue weighted by Gasteiger charge is 2.36. The van der Waals surface area contributed by atoms with Gasteiger partial charge in [-0.15, -0.1) is 0 Å². The fraction of sp³-hybridized carbons (Fsp3) is 0.462. The summed E-state index contributed by atoms with van der Waals surface area (Å²) < 4.78 is 13.8. The standard InChI is InChI=1S/C39H49N9O5Si/c1-39(2,3)53-38(51)47-16-7-9-32(47)35-42-21-30(45-35)26-12-13-27(40-20-26)31-22-41-29-19-25(11-14-28(29)44-31)34-23-43-36(33-10-8-15-46(33)37(49)50)48(34)24-52-17-18-54(4,5)6/h11-14,19-23,32-33H,7-10,15-18,24H2,1-6H3,(H,42,45)(H,49,50)/t32-,33-/m0/s1. The normalized spacial score (nSPS) is 17.8. The molecule has 0 aliphatic carbocycles. The van der Waals surface area contributed by atoms with Gasteiger partial charge in [-0.25, -0.2) is 24.5 Å². The first-order valence-corrected chi connectivity index (χ1v) is 22.4. The van der Waals surface area contributed by atoms with Crippen molar-refractivity contribution in [3.05, 3.63) is 66.8 Å². The van der Waals surface area contributed by atoms with Crippen molar-refractivity contribution < 1.29 is 24.2 Å². The number of hydrogen-bond acceptors (Lipinski definition) is 9. The molecule has 6 heterocycles. The third-order valence-electron chi connectivity index (χ3n) is 9.85. The Labute approximate surface area is 316 Å². The number of benzene rings is 1. The first-order chi connectivity index (χ1) is 25.7. The van der Waals surface area contributed by atoms with Crippen molar-refractivity contribution in [2.45, 2.75) is 96.6 Å². The smallest absolute Gasteiger partial charge is 0.410 e. The van der Waals surface area contributed by atoms with Gasteiger partial charge in [-0.05, 0) is 76.8 Å². The van der Waals surface area contributed by atoms with Gasteiger partial charge in [-0.3, -0.25) is 19.8 Å². The van der Waals surface area contributed by atoms with Crippen molar-refractivity contribution in [1.29, 1.82) is 0 Å². The molecule has 2 fully saturated rings. The maximum atomic E-state index is 12.8. The largest absolute Gasteiger partial charge is 0.465 e. The monoisotopic (exact) mass is 751 g/mol. The number of rotatable bonds is 10. The zero-order chi connectivity index (χ0) is 38.2. The van der Waals surface area contributed by atoms with Gasteiger partial charge in [0, 0.05) is 51.3 Å². The van der Waals surface area contributed by atoms with E-state index in [1.165, 1.54) is 4.90 Å². The highest BCUT2D eigenvalue weighted by Crippen LogP contribution is 2.36. The molecule has 2 aliphatic rings. The zero-order valence-corrected chi connectivity index (χ0v) is 32.9. The Morgan fingerprint density at radius 3 is 2.35 bits per heavy atom. The quantitative estimate of drug-likeness (QED) is 0.105. The first kappa shape index (κ1) is 37.2. The SMILES string of the molecule is CC(C)(C)OC(=O)N1CCC[C@H]1c1nc(-c2ccc(-c3cnc4cc(-c5cnc([C@@H]6CCCN6C(=O)O)n5COCC[Si](C)(C)C)ccc4n3)nc2)c[nH]1.